The van der Waals surface area contributed by atoms with E-state index in [-0.39, 0.29) is 5.78 Å². The number of ether oxygens (including phenoxy) is 1. The van der Waals surface area contributed by atoms with Gasteiger partial charge in [0.1, 0.15) is 5.69 Å². The van der Waals surface area contributed by atoms with Crippen molar-refractivity contribution in [3.05, 3.63) is 47.8 Å². The number of rotatable bonds is 4. The highest BCUT2D eigenvalue weighted by Gasteiger charge is 2.24. The molecule has 0 aliphatic heterocycles. The minimum absolute atomic E-state index is 0.210. The monoisotopic (exact) mass is 245 g/mol. The normalized spacial score (nSPS) is 12.2. The molecular formula is C13H15N3O2. The van der Waals surface area contributed by atoms with Crippen molar-refractivity contribution >= 4 is 5.78 Å². The number of nitrogens with two attached hydrogens (primary N) is 1. The number of Topliss-reactive ketones (excluding diaryl/α,β-unsaturated/α-hetero) is 1. The van der Waals surface area contributed by atoms with Gasteiger partial charge in [-0.2, -0.15) is 5.10 Å². The molecule has 0 spiro atoms. The van der Waals surface area contributed by atoms with Crippen LogP contribution in [-0.2, 0) is 7.05 Å². The molecule has 5 heteroatoms. The molecule has 0 amide bonds. The summed E-state index contributed by atoms with van der Waals surface area (Å²) >= 11 is 0. The molecule has 1 aromatic carbocycles. The van der Waals surface area contributed by atoms with E-state index in [2.05, 4.69) is 5.10 Å². The number of hydrogen-bond donors (Lipinski definition) is 1. The lowest BCUT2D eigenvalue weighted by molar-refractivity contribution is 0.0949. The molecule has 0 radical (unpaired) electrons. The van der Waals surface area contributed by atoms with Crippen molar-refractivity contribution in [2.24, 2.45) is 12.8 Å². The summed E-state index contributed by atoms with van der Waals surface area (Å²) in [7, 11) is 3.19. The van der Waals surface area contributed by atoms with Crippen LogP contribution in [0.15, 0.2) is 36.5 Å². The molecule has 1 aromatic heterocycles. The first-order chi connectivity index (χ1) is 8.65. The second kappa shape index (κ2) is 5.01. The largest absolute Gasteiger partial charge is 0.493 e. The summed E-state index contributed by atoms with van der Waals surface area (Å²) in [6.07, 6.45) is 1.50. The van der Waals surface area contributed by atoms with Gasteiger partial charge >= 0.3 is 0 Å². The van der Waals surface area contributed by atoms with Gasteiger partial charge in [0.15, 0.2) is 5.75 Å². The molecule has 0 saturated carbocycles. The van der Waals surface area contributed by atoms with E-state index in [0.717, 1.165) is 5.56 Å². The fraction of sp³-hybridized carbons (Fsp3) is 0.231. The second-order valence-electron chi connectivity index (χ2n) is 3.94. The number of methoxy groups -OCH3 is 1. The van der Waals surface area contributed by atoms with Crippen molar-refractivity contribution in [3.8, 4) is 5.75 Å². The van der Waals surface area contributed by atoms with Gasteiger partial charge in [-0.1, -0.05) is 30.3 Å². The Balaban J connectivity index is 2.34. The van der Waals surface area contributed by atoms with Crippen LogP contribution in [-0.4, -0.2) is 22.7 Å². The summed E-state index contributed by atoms with van der Waals surface area (Å²) in [5.74, 6) is 0.229. The molecule has 0 fully saturated rings. The predicted octanol–water partition coefficient (Wildman–Crippen LogP) is 1.31. The Morgan fingerprint density at radius 3 is 2.67 bits per heavy atom. The summed E-state index contributed by atoms with van der Waals surface area (Å²) in [6, 6.07) is 8.52. The molecule has 1 unspecified atom stereocenters. The van der Waals surface area contributed by atoms with Gasteiger partial charge in [0, 0.05) is 7.05 Å². The average Bonchev–Trinajstić information content (AvgIpc) is 2.79. The fourth-order valence-electron chi connectivity index (χ4n) is 1.81. The van der Waals surface area contributed by atoms with Crippen LogP contribution < -0.4 is 10.5 Å². The maximum atomic E-state index is 12.3. The highest BCUT2D eigenvalue weighted by molar-refractivity contribution is 6.01. The zero-order chi connectivity index (χ0) is 13.1. The Bertz CT molecular complexity index is 549. The molecular weight excluding hydrogens is 230 g/mol. The lowest BCUT2D eigenvalue weighted by atomic mass is 10.0. The van der Waals surface area contributed by atoms with E-state index in [1.54, 1.807) is 7.05 Å². The van der Waals surface area contributed by atoms with Crippen molar-refractivity contribution in [1.82, 2.24) is 9.78 Å². The molecule has 5 nitrogen and oxygen atoms in total. The predicted molar refractivity (Wildman–Crippen MR) is 67.5 cm³/mol. The summed E-state index contributed by atoms with van der Waals surface area (Å²) in [5, 5.41) is 4.00. The van der Waals surface area contributed by atoms with Crippen LogP contribution in [0.3, 0.4) is 0 Å². The van der Waals surface area contributed by atoms with Crippen LogP contribution in [0.1, 0.15) is 22.1 Å². The van der Waals surface area contributed by atoms with Crippen LogP contribution in [0.4, 0.5) is 0 Å². The SMILES string of the molecule is COc1cnn(C)c1C(=O)C(N)c1ccccc1. The van der Waals surface area contributed by atoms with Crippen molar-refractivity contribution in [3.63, 3.8) is 0 Å². The Kier molecular flexibility index (Phi) is 3.43. The van der Waals surface area contributed by atoms with Crippen molar-refractivity contribution < 1.29 is 9.53 Å². The third kappa shape index (κ3) is 2.12. The van der Waals surface area contributed by atoms with E-state index in [1.165, 1.54) is 18.0 Å². The number of aryl methyl sites for hydroxylation is 1. The fourth-order valence-corrected chi connectivity index (χ4v) is 1.81. The topological polar surface area (TPSA) is 70.1 Å². The molecule has 1 atom stereocenters. The lowest BCUT2D eigenvalue weighted by Gasteiger charge is -2.12. The summed E-state index contributed by atoms with van der Waals surface area (Å²) < 4.78 is 6.59. The van der Waals surface area contributed by atoms with E-state index in [0.29, 0.717) is 11.4 Å². The smallest absolute Gasteiger partial charge is 0.205 e. The Labute approximate surface area is 105 Å². The number of hydrogen-bond acceptors (Lipinski definition) is 4. The van der Waals surface area contributed by atoms with Crippen LogP contribution in [0.5, 0.6) is 5.75 Å². The van der Waals surface area contributed by atoms with E-state index in [9.17, 15) is 4.79 Å². The maximum absolute atomic E-state index is 12.3. The number of carbonyl (C=O) groups is 1. The van der Waals surface area contributed by atoms with Gasteiger partial charge in [-0.15, -0.1) is 0 Å². The third-order valence-corrected chi connectivity index (χ3v) is 2.80. The van der Waals surface area contributed by atoms with E-state index < -0.39 is 6.04 Å². The quantitative estimate of drug-likeness (QED) is 0.824. The van der Waals surface area contributed by atoms with Crippen LogP contribution in [0.2, 0.25) is 0 Å². The second-order valence-corrected chi connectivity index (χ2v) is 3.94. The highest BCUT2D eigenvalue weighted by atomic mass is 16.5. The molecule has 2 rings (SSSR count). The molecule has 0 aliphatic rings. The van der Waals surface area contributed by atoms with Gasteiger partial charge in [0.2, 0.25) is 5.78 Å². The number of benzene rings is 1. The van der Waals surface area contributed by atoms with Gasteiger partial charge in [0.25, 0.3) is 0 Å². The van der Waals surface area contributed by atoms with Gasteiger partial charge in [-0.3, -0.25) is 9.48 Å². The van der Waals surface area contributed by atoms with E-state index >= 15 is 0 Å². The standard InChI is InChI=1S/C13H15N3O2/c1-16-12(10(18-2)8-15-16)13(17)11(14)9-6-4-3-5-7-9/h3-8,11H,14H2,1-2H3. The Morgan fingerprint density at radius 1 is 1.39 bits per heavy atom. The third-order valence-electron chi connectivity index (χ3n) is 2.80. The first-order valence-corrected chi connectivity index (χ1v) is 5.56. The van der Waals surface area contributed by atoms with Gasteiger partial charge in [-0.05, 0) is 5.56 Å². The van der Waals surface area contributed by atoms with Gasteiger partial charge in [0.05, 0.1) is 19.3 Å². The molecule has 2 N–H and O–H groups in total. The van der Waals surface area contributed by atoms with Crippen LogP contribution >= 0.6 is 0 Å². The van der Waals surface area contributed by atoms with Gasteiger partial charge < -0.3 is 10.5 Å². The Hall–Kier alpha value is -2.14. The van der Waals surface area contributed by atoms with Crippen molar-refractivity contribution in [1.29, 1.82) is 0 Å². The first-order valence-electron chi connectivity index (χ1n) is 5.56. The van der Waals surface area contributed by atoms with Crippen molar-refractivity contribution in [2.45, 2.75) is 6.04 Å². The maximum Gasteiger partial charge on any atom is 0.205 e. The molecule has 0 saturated heterocycles. The van der Waals surface area contributed by atoms with E-state index in [4.69, 9.17) is 10.5 Å². The number of nitrogens with zero attached hydrogens (tertiary/aromatic N) is 2. The number of aromatic nitrogens is 2. The van der Waals surface area contributed by atoms with E-state index in [1.807, 2.05) is 30.3 Å². The van der Waals surface area contributed by atoms with Gasteiger partial charge in [-0.25, -0.2) is 0 Å². The number of ketones is 1. The molecule has 94 valence electrons. The molecule has 0 aliphatic carbocycles. The minimum Gasteiger partial charge on any atom is -0.493 e. The summed E-state index contributed by atoms with van der Waals surface area (Å²) in [5.41, 5.74) is 7.13. The Morgan fingerprint density at radius 2 is 2.06 bits per heavy atom. The molecule has 18 heavy (non-hydrogen) atoms. The minimum atomic E-state index is -0.713. The number of carbonyl (C=O) groups excluding carboxylic acids is 1. The first kappa shape index (κ1) is 12.3. The van der Waals surface area contributed by atoms with Crippen molar-refractivity contribution in [2.75, 3.05) is 7.11 Å². The molecule has 2 aromatic rings. The van der Waals surface area contributed by atoms with Crippen LogP contribution in [0, 0.1) is 0 Å². The van der Waals surface area contributed by atoms with Crippen LogP contribution in [0.25, 0.3) is 0 Å². The highest BCUT2D eigenvalue weighted by Crippen LogP contribution is 2.22. The molecule has 0 bridgehead atoms. The lowest BCUT2D eigenvalue weighted by Crippen LogP contribution is -2.24. The average molecular weight is 245 g/mol. The summed E-state index contributed by atoms with van der Waals surface area (Å²) in [4.78, 5) is 12.3. The zero-order valence-electron chi connectivity index (χ0n) is 10.3. The zero-order valence-corrected chi connectivity index (χ0v) is 10.3. The summed E-state index contributed by atoms with van der Waals surface area (Å²) in [6.45, 7) is 0. The molecule has 1 heterocycles.